The van der Waals surface area contributed by atoms with E-state index in [4.69, 9.17) is 0 Å². The van der Waals surface area contributed by atoms with Crippen molar-refractivity contribution in [1.29, 1.82) is 0 Å². The molecule has 2 aliphatic rings. The highest BCUT2D eigenvalue weighted by molar-refractivity contribution is 8.00. The van der Waals surface area contributed by atoms with E-state index in [1.807, 2.05) is 47.1 Å². The molecule has 2 fully saturated rings. The minimum absolute atomic E-state index is 0.000704. The third-order valence-corrected chi connectivity index (χ3v) is 7.57. The first-order valence-electron chi connectivity index (χ1n) is 10.8. The number of aryl methyl sites for hydroxylation is 1. The van der Waals surface area contributed by atoms with E-state index in [1.54, 1.807) is 28.8 Å². The molecule has 2 aliphatic heterocycles. The Morgan fingerprint density at radius 1 is 1.03 bits per heavy atom. The van der Waals surface area contributed by atoms with E-state index >= 15 is 0 Å². The molecule has 2 heterocycles. The van der Waals surface area contributed by atoms with Crippen LogP contribution in [-0.4, -0.2) is 65.0 Å². The van der Waals surface area contributed by atoms with Gasteiger partial charge < -0.3 is 14.7 Å². The summed E-state index contributed by atoms with van der Waals surface area (Å²) >= 11 is 1.68. The van der Waals surface area contributed by atoms with Gasteiger partial charge in [0.2, 0.25) is 5.91 Å². The fraction of sp³-hybridized carbons (Fsp3) is 0.417. The summed E-state index contributed by atoms with van der Waals surface area (Å²) in [5, 5.41) is 0.000704. The molecule has 0 aromatic heterocycles. The lowest BCUT2D eigenvalue weighted by Gasteiger charge is -2.38. The largest absolute Gasteiger partial charge is 0.366 e. The van der Waals surface area contributed by atoms with Crippen LogP contribution in [-0.2, 0) is 4.79 Å². The first-order chi connectivity index (χ1) is 15.0. The van der Waals surface area contributed by atoms with Crippen LogP contribution in [0.25, 0.3) is 0 Å². The summed E-state index contributed by atoms with van der Waals surface area (Å²) in [5.41, 5.74) is 2.16. The van der Waals surface area contributed by atoms with Gasteiger partial charge in [-0.15, -0.1) is 11.8 Å². The van der Waals surface area contributed by atoms with Gasteiger partial charge in [-0.1, -0.05) is 37.3 Å². The van der Waals surface area contributed by atoms with Crippen molar-refractivity contribution in [2.45, 2.75) is 31.7 Å². The Labute approximate surface area is 187 Å². The molecule has 0 saturated carbocycles. The van der Waals surface area contributed by atoms with Crippen molar-refractivity contribution in [2.24, 2.45) is 0 Å². The van der Waals surface area contributed by atoms with Crippen molar-refractivity contribution in [2.75, 3.05) is 36.8 Å². The van der Waals surface area contributed by atoms with Crippen LogP contribution in [0.1, 0.15) is 29.3 Å². The zero-order chi connectivity index (χ0) is 22.0. The van der Waals surface area contributed by atoms with Gasteiger partial charge in [-0.3, -0.25) is 9.59 Å². The average molecular weight is 442 g/mol. The molecule has 0 radical (unpaired) electrons. The number of anilines is 1. The van der Waals surface area contributed by atoms with Crippen molar-refractivity contribution in [3.8, 4) is 0 Å². The third kappa shape index (κ3) is 4.28. The molecule has 164 valence electrons. The van der Waals surface area contributed by atoms with Crippen LogP contribution in [0.15, 0.2) is 48.5 Å². The Morgan fingerprint density at radius 2 is 1.71 bits per heavy atom. The Kier molecular flexibility index (Phi) is 6.51. The molecule has 2 aromatic rings. The number of hydrogen-bond donors (Lipinski definition) is 0. The summed E-state index contributed by atoms with van der Waals surface area (Å²) in [6.45, 7) is 6.19. The Bertz CT molecular complexity index is 961. The molecular weight excluding hydrogens is 413 g/mol. The van der Waals surface area contributed by atoms with Crippen LogP contribution in [0.2, 0.25) is 0 Å². The highest BCUT2D eigenvalue weighted by Crippen LogP contribution is 2.34. The highest BCUT2D eigenvalue weighted by atomic mass is 32.2. The van der Waals surface area contributed by atoms with Crippen molar-refractivity contribution < 1.29 is 14.0 Å². The smallest absolute Gasteiger partial charge is 0.255 e. The highest BCUT2D eigenvalue weighted by Gasteiger charge is 2.43. The monoisotopic (exact) mass is 441 g/mol. The number of rotatable bonds is 4. The zero-order valence-corrected chi connectivity index (χ0v) is 18.8. The van der Waals surface area contributed by atoms with Gasteiger partial charge in [-0.05, 0) is 37.1 Å². The predicted octanol–water partition coefficient (Wildman–Crippen LogP) is 3.78. The number of carbonyl (C=O) groups excluding carboxylic acids is 2. The van der Waals surface area contributed by atoms with Crippen LogP contribution in [0.3, 0.4) is 0 Å². The third-order valence-electron chi connectivity index (χ3n) is 6.12. The van der Waals surface area contributed by atoms with E-state index in [1.165, 1.54) is 6.07 Å². The number of para-hydroxylation sites is 1. The molecule has 0 aliphatic carbocycles. The minimum Gasteiger partial charge on any atom is -0.366 e. The van der Waals surface area contributed by atoms with Crippen molar-refractivity contribution in [3.63, 3.8) is 0 Å². The van der Waals surface area contributed by atoms with Gasteiger partial charge in [0.25, 0.3) is 5.91 Å². The lowest BCUT2D eigenvalue weighted by atomic mass is 10.1. The predicted molar refractivity (Wildman–Crippen MR) is 123 cm³/mol. The molecular formula is C24H28FN3O2S. The minimum atomic E-state index is -0.456. The molecule has 5 nitrogen and oxygen atoms in total. The number of carbonyl (C=O) groups is 2. The Balaban J connectivity index is 1.48. The first kappa shape index (κ1) is 21.7. The molecule has 31 heavy (non-hydrogen) atoms. The van der Waals surface area contributed by atoms with Gasteiger partial charge in [0.05, 0.1) is 11.1 Å². The standard InChI is InChI=1S/C24H28FN3O2S/c1-3-22-28(23(29)18-9-5-4-8-17(18)2)21(16-31-22)24(30)27-14-12-26(13-15-27)20-11-7-6-10-19(20)25/h4-11,21-22H,3,12-16H2,1-2H3. The van der Waals surface area contributed by atoms with Crippen molar-refractivity contribution >= 4 is 29.3 Å². The summed E-state index contributed by atoms with van der Waals surface area (Å²) in [4.78, 5) is 32.4. The van der Waals surface area contributed by atoms with Gasteiger partial charge in [-0.25, -0.2) is 4.39 Å². The molecule has 0 spiro atoms. The first-order valence-corrected chi connectivity index (χ1v) is 11.8. The van der Waals surface area contributed by atoms with Gasteiger partial charge in [0.1, 0.15) is 11.9 Å². The number of amides is 2. The van der Waals surface area contributed by atoms with Gasteiger partial charge in [0.15, 0.2) is 0 Å². The van der Waals surface area contributed by atoms with Crippen molar-refractivity contribution in [1.82, 2.24) is 9.80 Å². The van der Waals surface area contributed by atoms with E-state index in [0.717, 1.165) is 12.0 Å². The summed E-state index contributed by atoms with van der Waals surface area (Å²) < 4.78 is 14.1. The lowest BCUT2D eigenvalue weighted by molar-refractivity contribution is -0.135. The van der Waals surface area contributed by atoms with E-state index in [0.29, 0.717) is 43.2 Å². The molecule has 0 bridgehead atoms. The second-order valence-corrected chi connectivity index (χ2v) is 9.21. The molecule has 2 atom stereocenters. The number of piperazine rings is 1. The Morgan fingerprint density at radius 3 is 2.39 bits per heavy atom. The SMILES string of the molecule is CCC1SCC(C(=O)N2CCN(c3ccccc3F)CC2)N1C(=O)c1ccccc1C. The van der Waals surface area contributed by atoms with Crippen LogP contribution < -0.4 is 4.90 Å². The number of hydrogen-bond acceptors (Lipinski definition) is 4. The van der Waals surface area contributed by atoms with Gasteiger partial charge in [0, 0.05) is 37.5 Å². The fourth-order valence-electron chi connectivity index (χ4n) is 4.38. The number of nitrogens with zero attached hydrogens (tertiary/aromatic N) is 3. The topological polar surface area (TPSA) is 43.9 Å². The van der Waals surface area contributed by atoms with Gasteiger partial charge in [-0.2, -0.15) is 0 Å². The molecule has 2 unspecified atom stereocenters. The van der Waals surface area contributed by atoms with Crippen LogP contribution >= 0.6 is 11.8 Å². The molecule has 2 amide bonds. The second-order valence-electron chi connectivity index (χ2n) is 8.00. The molecule has 7 heteroatoms. The molecule has 4 rings (SSSR count). The molecule has 0 N–H and O–H groups in total. The van der Waals surface area contributed by atoms with Crippen molar-refractivity contribution in [3.05, 3.63) is 65.5 Å². The summed E-state index contributed by atoms with van der Waals surface area (Å²) in [6, 6.07) is 13.8. The summed E-state index contributed by atoms with van der Waals surface area (Å²) in [6.07, 6.45) is 0.799. The summed E-state index contributed by atoms with van der Waals surface area (Å²) in [5.74, 6) is 0.301. The molecule has 2 aromatic carbocycles. The van der Waals surface area contributed by atoms with E-state index in [2.05, 4.69) is 6.92 Å². The maximum absolute atomic E-state index is 14.1. The maximum atomic E-state index is 14.1. The lowest BCUT2D eigenvalue weighted by Crippen LogP contribution is -2.56. The van der Waals surface area contributed by atoms with E-state index in [9.17, 15) is 14.0 Å². The Hall–Kier alpha value is -2.54. The molecule has 2 saturated heterocycles. The number of benzene rings is 2. The maximum Gasteiger partial charge on any atom is 0.255 e. The zero-order valence-electron chi connectivity index (χ0n) is 18.0. The van der Waals surface area contributed by atoms with E-state index in [-0.39, 0.29) is 23.0 Å². The summed E-state index contributed by atoms with van der Waals surface area (Å²) in [7, 11) is 0. The van der Waals surface area contributed by atoms with Crippen LogP contribution in [0.4, 0.5) is 10.1 Å². The van der Waals surface area contributed by atoms with Crippen LogP contribution in [0, 0.1) is 12.7 Å². The quantitative estimate of drug-likeness (QED) is 0.725. The number of halogens is 1. The fourth-order valence-corrected chi connectivity index (χ4v) is 5.73. The van der Waals surface area contributed by atoms with Crippen LogP contribution in [0.5, 0.6) is 0 Å². The number of thioether (sulfide) groups is 1. The van der Waals surface area contributed by atoms with Gasteiger partial charge >= 0.3 is 0 Å². The second kappa shape index (κ2) is 9.30. The normalized spacial score (nSPS) is 21.5. The van der Waals surface area contributed by atoms with E-state index < -0.39 is 6.04 Å². The average Bonchev–Trinajstić information content (AvgIpc) is 3.23.